The van der Waals surface area contributed by atoms with Crippen molar-refractivity contribution in [1.82, 2.24) is 10.4 Å². The fourth-order valence-electron chi connectivity index (χ4n) is 2.00. The molecule has 1 amide bonds. The van der Waals surface area contributed by atoms with Gasteiger partial charge < -0.3 is 4.98 Å². The number of aromatic amines is 1. The molecular formula is C16H12FN3O. The Bertz CT molecular complexity index is 790. The maximum absolute atomic E-state index is 13.4. The number of H-pyrrole nitrogens is 1. The largest absolute Gasteiger partial charge is 0.350 e. The standard InChI is InChI=1S/C16H12FN3O/c17-13-7-3-1-6-12(13)10-18-20-16(21)15-9-11-5-2-4-8-14(11)19-15/h1-10,19H,(H,20,21)/b18-10-. The van der Waals surface area contributed by atoms with E-state index in [1.165, 1.54) is 12.3 Å². The summed E-state index contributed by atoms with van der Waals surface area (Å²) in [7, 11) is 0. The molecule has 0 spiro atoms. The van der Waals surface area contributed by atoms with Gasteiger partial charge in [-0.1, -0.05) is 36.4 Å². The van der Waals surface area contributed by atoms with Gasteiger partial charge in [-0.25, -0.2) is 9.82 Å². The van der Waals surface area contributed by atoms with Crippen LogP contribution in [-0.2, 0) is 0 Å². The van der Waals surface area contributed by atoms with E-state index in [2.05, 4.69) is 15.5 Å². The molecule has 0 atom stereocenters. The third-order valence-corrected chi connectivity index (χ3v) is 3.05. The highest BCUT2D eigenvalue weighted by molar-refractivity contribution is 5.98. The summed E-state index contributed by atoms with van der Waals surface area (Å²) < 4.78 is 13.4. The molecule has 0 aliphatic heterocycles. The van der Waals surface area contributed by atoms with Gasteiger partial charge in [0.15, 0.2) is 0 Å². The molecule has 21 heavy (non-hydrogen) atoms. The molecule has 2 aromatic carbocycles. The van der Waals surface area contributed by atoms with E-state index in [0.717, 1.165) is 10.9 Å². The second-order valence-corrected chi connectivity index (χ2v) is 4.49. The number of hydrogen-bond acceptors (Lipinski definition) is 2. The van der Waals surface area contributed by atoms with Gasteiger partial charge in [-0.3, -0.25) is 4.79 Å². The van der Waals surface area contributed by atoms with Crippen molar-refractivity contribution >= 4 is 23.0 Å². The van der Waals surface area contributed by atoms with Crippen molar-refractivity contribution in [1.29, 1.82) is 0 Å². The molecule has 0 saturated heterocycles. The molecule has 0 saturated carbocycles. The minimum absolute atomic E-state index is 0.314. The van der Waals surface area contributed by atoms with Crippen LogP contribution in [0.3, 0.4) is 0 Å². The highest BCUT2D eigenvalue weighted by atomic mass is 19.1. The first-order chi connectivity index (χ1) is 10.2. The molecule has 0 unspecified atom stereocenters. The number of hydrogen-bond donors (Lipinski definition) is 2. The molecule has 0 radical (unpaired) electrons. The van der Waals surface area contributed by atoms with Crippen LogP contribution in [0, 0.1) is 5.82 Å². The van der Waals surface area contributed by atoms with Crippen molar-refractivity contribution in [3.05, 3.63) is 71.7 Å². The zero-order valence-corrected chi connectivity index (χ0v) is 11.0. The van der Waals surface area contributed by atoms with Crippen LogP contribution < -0.4 is 5.43 Å². The van der Waals surface area contributed by atoms with Crippen LogP contribution in [0.1, 0.15) is 16.1 Å². The first-order valence-corrected chi connectivity index (χ1v) is 6.40. The molecule has 0 aliphatic rings. The van der Waals surface area contributed by atoms with Crippen molar-refractivity contribution in [2.45, 2.75) is 0 Å². The Balaban J connectivity index is 1.73. The summed E-state index contributed by atoms with van der Waals surface area (Å²) in [6, 6.07) is 15.5. The van der Waals surface area contributed by atoms with E-state index in [9.17, 15) is 9.18 Å². The molecule has 3 rings (SSSR count). The number of aromatic nitrogens is 1. The van der Waals surface area contributed by atoms with E-state index < -0.39 is 0 Å². The van der Waals surface area contributed by atoms with Gasteiger partial charge in [0.1, 0.15) is 11.5 Å². The molecule has 3 aromatic rings. The number of nitrogens with one attached hydrogen (secondary N) is 2. The molecule has 104 valence electrons. The van der Waals surface area contributed by atoms with Crippen LogP contribution in [0.4, 0.5) is 4.39 Å². The van der Waals surface area contributed by atoms with Gasteiger partial charge in [-0.15, -0.1) is 0 Å². The average Bonchev–Trinajstić information content (AvgIpc) is 2.93. The third kappa shape index (κ3) is 2.81. The lowest BCUT2D eigenvalue weighted by atomic mass is 10.2. The number of carbonyl (C=O) groups is 1. The van der Waals surface area contributed by atoms with Gasteiger partial charge in [0.05, 0.1) is 6.21 Å². The molecule has 0 aliphatic carbocycles. The van der Waals surface area contributed by atoms with Crippen molar-refractivity contribution in [2.24, 2.45) is 5.10 Å². The maximum atomic E-state index is 13.4. The molecule has 5 heteroatoms. The first-order valence-electron chi connectivity index (χ1n) is 6.40. The van der Waals surface area contributed by atoms with Crippen molar-refractivity contribution < 1.29 is 9.18 Å². The van der Waals surface area contributed by atoms with Gasteiger partial charge in [-0.05, 0) is 18.2 Å². The smallest absolute Gasteiger partial charge is 0.287 e. The summed E-state index contributed by atoms with van der Waals surface area (Å²) in [5, 5.41) is 4.71. The Hall–Kier alpha value is -2.95. The number of fused-ring (bicyclic) bond motifs is 1. The van der Waals surface area contributed by atoms with Gasteiger partial charge in [0.25, 0.3) is 5.91 Å². The normalized spacial score (nSPS) is 11.1. The monoisotopic (exact) mass is 281 g/mol. The highest BCUT2D eigenvalue weighted by Gasteiger charge is 2.07. The van der Waals surface area contributed by atoms with E-state index in [0.29, 0.717) is 11.3 Å². The first kappa shape index (κ1) is 13.1. The molecular weight excluding hydrogens is 269 g/mol. The van der Waals surface area contributed by atoms with E-state index in [1.807, 2.05) is 24.3 Å². The lowest BCUT2D eigenvalue weighted by Gasteiger charge is -1.97. The Labute approximate surface area is 120 Å². The molecule has 4 nitrogen and oxygen atoms in total. The Morgan fingerprint density at radius 3 is 2.71 bits per heavy atom. The Kier molecular flexibility index (Phi) is 3.47. The second kappa shape index (κ2) is 5.58. The predicted octanol–water partition coefficient (Wildman–Crippen LogP) is 3.07. The number of benzene rings is 2. The van der Waals surface area contributed by atoms with Crippen molar-refractivity contribution in [2.75, 3.05) is 0 Å². The molecule has 1 heterocycles. The van der Waals surface area contributed by atoms with Crippen LogP contribution in [0.25, 0.3) is 10.9 Å². The summed E-state index contributed by atoms with van der Waals surface area (Å²) in [5.41, 5.74) is 3.96. The summed E-state index contributed by atoms with van der Waals surface area (Å²) in [6.07, 6.45) is 1.27. The summed E-state index contributed by atoms with van der Waals surface area (Å²) >= 11 is 0. The highest BCUT2D eigenvalue weighted by Crippen LogP contribution is 2.14. The predicted molar refractivity (Wildman–Crippen MR) is 79.8 cm³/mol. The van der Waals surface area contributed by atoms with Gasteiger partial charge in [-0.2, -0.15) is 5.10 Å². The van der Waals surface area contributed by atoms with Crippen LogP contribution in [-0.4, -0.2) is 17.1 Å². The number of amides is 1. The maximum Gasteiger partial charge on any atom is 0.287 e. The van der Waals surface area contributed by atoms with Crippen LogP contribution in [0.2, 0.25) is 0 Å². The minimum Gasteiger partial charge on any atom is -0.350 e. The van der Waals surface area contributed by atoms with E-state index in [-0.39, 0.29) is 11.7 Å². The summed E-state index contributed by atoms with van der Waals surface area (Å²) in [6.45, 7) is 0. The lowest BCUT2D eigenvalue weighted by Crippen LogP contribution is -2.17. The van der Waals surface area contributed by atoms with E-state index in [1.54, 1.807) is 24.3 Å². The van der Waals surface area contributed by atoms with Crippen molar-refractivity contribution in [3.8, 4) is 0 Å². The number of carbonyl (C=O) groups excluding carboxylic acids is 1. The molecule has 0 bridgehead atoms. The molecule has 2 N–H and O–H groups in total. The minimum atomic E-state index is -0.388. The second-order valence-electron chi connectivity index (χ2n) is 4.49. The third-order valence-electron chi connectivity index (χ3n) is 3.05. The zero-order chi connectivity index (χ0) is 14.7. The SMILES string of the molecule is O=C(N/N=C\c1ccccc1F)c1cc2ccccc2[nH]1. The van der Waals surface area contributed by atoms with Crippen molar-refractivity contribution in [3.63, 3.8) is 0 Å². The van der Waals surface area contributed by atoms with Gasteiger partial charge in [0, 0.05) is 16.5 Å². The topological polar surface area (TPSA) is 57.2 Å². The summed E-state index contributed by atoms with van der Waals surface area (Å²) in [4.78, 5) is 14.9. The quantitative estimate of drug-likeness (QED) is 0.562. The number of hydrazone groups is 1. The van der Waals surface area contributed by atoms with Crippen LogP contribution >= 0.6 is 0 Å². The number of nitrogens with zero attached hydrogens (tertiary/aromatic N) is 1. The zero-order valence-electron chi connectivity index (χ0n) is 11.0. The fraction of sp³-hybridized carbons (Fsp3) is 0. The van der Waals surface area contributed by atoms with Crippen LogP contribution in [0.15, 0.2) is 59.7 Å². The van der Waals surface area contributed by atoms with Crippen LogP contribution in [0.5, 0.6) is 0 Å². The fourth-order valence-corrected chi connectivity index (χ4v) is 2.00. The summed E-state index contributed by atoms with van der Waals surface area (Å²) in [5.74, 6) is -0.764. The molecule has 1 aromatic heterocycles. The number of rotatable bonds is 3. The lowest BCUT2D eigenvalue weighted by molar-refractivity contribution is 0.0951. The Morgan fingerprint density at radius 2 is 1.90 bits per heavy atom. The molecule has 0 fully saturated rings. The van der Waals surface area contributed by atoms with E-state index >= 15 is 0 Å². The van der Waals surface area contributed by atoms with E-state index in [4.69, 9.17) is 0 Å². The van der Waals surface area contributed by atoms with Gasteiger partial charge in [0.2, 0.25) is 0 Å². The number of halogens is 1. The average molecular weight is 281 g/mol. The Morgan fingerprint density at radius 1 is 1.14 bits per heavy atom. The number of para-hydroxylation sites is 1. The van der Waals surface area contributed by atoms with Gasteiger partial charge >= 0.3 is 0 Å².